The van der Waals surface area contributed by atoms with Crippen LogP contribution in [-0.4, -0.2) is 17.9 Å². The average molecular weight is 310 g/mol. The van der Waals surface area contributed by atoms with Crippen molar-refractivity contribution < 1.29 is 14.3 Å². The summed E-state index contributed by atoms with van der Waals surface area (Å²) in [6.45, 7) is 7.21. The van der Waals surface area contributed by atoms with Gasteiger partial charge < -0.3 is 4.74 Å². The Hall–Kier alpha value is -0.390. The number of esters is 1. The minimum absolute atomic E-state index is 0.370. The maximum Gasteiger partial charge on any atom is 0.345 e. The van der Waals surface area contributed by atoms with E-state index in [4.69, 9.17) is 4.74 Å². The van der Waals surface area contributed by atoms with Gasteiger partial charge in [-0.05, 0) is 49.8 Å². The van der Waals surface area contributed by atoms with Crippen LogP contribution in [0, 0.1) is 0 Å². The lowest BCUT2D eigenvalue weighted by Gasteiger charge is -2.19. The van der Waals surface area contributed by atoms with Crippen molar-refractivity contribution in [1.82, 2.24) is 0 Å². The minimum Gasteiger partial charge on any atom is -0.456 e. The minimum atomic E-state index is -0.519. The van der Waals surface area contributed by atoms with E-state index in [2.05, 4.69) is 0 Å². The Bertz CT molecular complexity index is 261. The zero-order valence-corrected chi connectivity index (χ0v) is 11.0. The third-order valence-electron chi connectivity index (χ3n) is 1.38. The summed E-state index contributed by atoms with van der Waals surface area (Å²) in [7, 11) is 0. The lowest BCUT2D eigenvalue weighted by atomic mass is 10.2. The summed E-state index contributed by atoms with van der Waals surface area (Å²) in [5.41, 5.74) is -0.0326. The first-order chi connectivity index (χ1) is 6.31. The molecule has 0 atom stereocenters. The SMILES string of the molecule is CC/C(C=O)=C(\I)C(=O)OC(C)(C)C. The van der Waals surface area contributed by atoms with Crippen LogP contribution >= 0.6 is 22.6 Å². The standard InChI is InChI=1S/C10H15IO3/c1-5-7(6-12)8(11)9(13)14-10(2,3)4/h6H,5H2,1-4H3/b8-7+. The molecule has 0 fully saturated rings. The average Bonchev–Trinajstić information content (AvgIpc) is 2.03. The molecule has 4 heteroatoms. The van der Waals surface area contributed by atoms with Gasteiger partial charge in [0.05, 0.1) is 0 Å². The Morgan fingerprint density at radius 1 is 1.43 bits per heavy atom. The first-order valence-electron chi connectivity index (χ1n) is 4.39. The highest BCUT2D eigenvalue weighted by atomic mass is 127. The van der Waals surface area contributed by atoms with E-state index in [0.29, 0.717) is 21.9 Å². The number of allylic oxidation sites excluding steroid dienone is 1. The van der Waals surface area contributed by atoms with Crippen molar-refractivity contribution >= 4 is 34.8 Å². The van der Waals surface area contributed by atoms with E-state index < -0.39 is 11.6 Å². The molecule has 0 amide bonds. The van der Waals surface area contributed by atoms with Crippen molar-refractivity contribution in [3.05, 3.63) is 9.15 Å². The molecule has 0 aromatic heterocycles. The maximum atomic E-state index is 11.5. The van der Waals surface area contributed by atoms with Gasteiger partial charge in [0.15, 0.2) is 0 Å². The molecule has 80 valence electrons. The number of carbonyl (C=O) groups is 2. The normalized spacial score (nSPS) is 13.2. The van der Waals surface area contributed by atoms with Gasteiger partial charge in [-0.15, -0.1) is 0 Å². The molecule has 0 bridgehead atoms. The fraction of sp³-hybridized carbons (Fsp3) is 0.600. The van der Waals surface area contributed by atoms with Gasteiger partial charge in [-0.3, -0.25) is 4.79 Å². The molecule has 0 saturated heterocycles. The summed E-state index contributed by atoms with van der Waals surface area (Å²) >= 11 is 1.84. The molecule has 0 aromatic carbocycles. The summed E-state index contributed by atoms with van der Waals surface area (Å²) in [5, 5.41) is 0. The summed E-state index contributed by atoms with van der Waals surface area (Å²) in [4.78, 5) is 22.0. The second-order valence-electron chi connectivity index (χ2n) is 3.81. The predicted octanol–water partition coefficient (Wildman–Crippen LogP) is 2.63. The van der Waals surface area contributed by atoms with Gasteiger partial charge >= 0.3 is 5.97 Å². The smallest absolute Gasteiger partial charge is 0.345 e. The van der Waals surface area contributed by atoms with Gasteiger partial charge in [0.25, 0.3) is 0 Å². The van der Waals surface area contributed by atoms with Crippen LogP contribution in [-0.2, 0) is 14.3 Å². The molecule has 0 unspecified atom stereocenters. The second kappa shape index (κ2) is 5.48. The molecule has 0 saturated carbocycles. The van der Waals surface area contributed by atoms with Crippen molar-refractivity contribution in [3.8, 4) is 0 Å². The molecule has 0 radical (unpaired) electrons. The van der Waals surface area contributed by atoms with Gasteiger partial charge in [-0.1, -0.05) is 6.92 Å². The second-order valence-corrected chi connectivity index (χ2v) is 4.89. The monoisotopic (exact) mass is 310 g/mol. The van der Waals surface area contributed by atoms with Crippen molar-refractivity contribution in [2.45, 2.75) is 39.7 Å². The van der Waals surface area contributed by atoms with Crippen LogP contribution in [0.2, 0.25) is 0 Å². The Morgan fingerprint density at radius 2 is 1.93 bits per heavy atom. The summed E-state index contributed by atoms with van der Waals surface area (Å²) in [6, 6.07) is 0. The largest absolute Gasteiger partial charge is 0.456 e. The van der Waals surface area contributed by atoms with Crippen LogP contribution < -0.4 is 0 Å². The molecule has 14 heavy (non-hydrogen) atoms. The van der Waals surface area contributed by atoms with Crippen molar-refractivity contribution in [2.24, 2.45) is 0 Å². The van der Waals surface area contributed by atoms with E-state index >= 15 is 0 Å². The zero-order chi connectivity index (χ0) is 11.4. The van der Waals surface area contributed by atoms with Crippen LogP contribution in [0.3, 0.4) is 0 Å². The summed E-state index contributed by atoms with van der Waals surface area (Å²) < 4.78 is 5.49. The van der Waals surface area contributed by atoms with Crippen LogP contribution in [0.15, 0.2) is 9.15 Å². The lowest BCUT2D eigenvalue weighted by Crippen LogP contribution is -2.24. The number of hydrogen-bond acceptors (Lipinski definition) is 3. The van der Waals surface area contributed by atoms with Crippen molar-refractivity contribution in [1.29, 1.82) is 0 Å². The summed E-state index contributed by atoms with van der Waals surface area (Å²) in [5.74, 6) is -0.429. The topological polar surface area (TPSA) is 43.4 Å². The van der Waals surface area contributed by atoms with E-state index in [1.165, 1.54) is 0 Å². The molecule has 0 aliphatic heterocycles. The molecule has 0 spiro atoms. The molecule has 3 nitrogen and oxygen atoms in total. The number of halogens is 1. The van der Waals surface area contributed by atoms with Crippen molar-refractivity contribution in [2.75, 3.05) is 0 Å². The lowest BCUT2D eigenvalue weighted by molar-refractivity contribution is -0.148. The molecule has 0 aliphatic rings. The van der Waals surface area contributed by atoms with Gasteiger partial charge in [0.1, 0.15) is 15.5 Å². The third kappa shape index (κ3) is 4.74. The van der Waals surface area contributed by atoms with E-state index in [1.54, 1.807) is 20.8 Å². The van der Waals surface area contributed by atoms with E-state index in [9.17, 15) is 9.59 Å². The van der Waals surface area contributed by atoms with E-state index in [1.807, 2.05) is 29.5 Å². The highest BCUT2D eigenvalue weighted by Gasteiger charge is 2.20. The van der Waals surface area contributed by atoms with Crippen LogP contribution in [0.25, 0.3) is 0 Å². The number of hydrogen-bond donors (Lipinski definition) is 0. The Kier molecular flexibility index (Phi) is 5.33. The summed E-state index contributed by atoms with van der Waals surface area (Å²) in [6.07, 6.45) is 1.24. The molecule has 0 aromatic rings. The highest BCUT2D eigenvalue weighted by Crippen LogP contribution is 2.19. The number of carbonyl (C=O) groups excluding carboxylic acids is 2. The molecular weight excluding hydrogens is 295 g/mol. The van der Waals surface area contributed by atoms with Crippen molar-refractivity contribution in [3.63, 3.8) is 0 Å². The molecule has 0 rings (SSSR count). The third-order valence-corrected chi connectivity index (χ3v) is 2.52. The Morgan fingerprint density at radius 3 is 2.21 bits per heavy atom. The fourth-order valence-corrected chi connectivity index (χ4v) is 1.36. The van der Waals surface area contributed by atoms with Crippen LogP contribution in [0.5, 0.6) is 0 Å². The van der Waals surface area contributed by atoms with E-state index in [-0.39, 0.29) is 0 Å². The first-order valence-corrected chi connectivity index (χ1v) is 5.47. The van der Waals surface area contributed by atoms with E-state index in [0.717, 1.165) is 0 Å². The Labute approximate surface area is 98.0 Å². The fourth-order valence-electron chi connectivity index (χ4n) is 0.744. The molecule has 0 N–H and O–H groups in total. The quantitative estimate of drug-likeness (QED) is 0.348. The van der Waals surface area contributed by atoms with Gasteiger partial charge in [0.2, 0.25) is 0 Å². The number of aldehydes is 1. The number of rotatable bonds is 3. The molecule has 0 heterocycles. The maximum absolute atomic E-state index is 11.5. The van der Waals surface area contributed by atoms with Crippen LogP contribution in [0.4, 0.5) is 0 Å². The van der Waals surface area contributed by atoms with Gasteiger partial charge in [-0.2, -0.15) is 0 Å². The predicted molar refractivity (Wildman–Crippen MR) is 63.2 cm³/mol. The van der Waals surface area contributed by atoms with Crippen LogP contribution in [0.1, 0.15) is 34.1 Å². The molecule has 0 aliphatic carbocycles. The number of ether oxygens (including phenoxy) is 1. The van der Waals surface area contributed by atoms with Gasteiger partial charge in [-0.25, -0.2) is 4.79 Å². The van der Waals surface area contributed by atoms with Gasteiger partial charge in [0, 0.05) is 5.57 Å². The first kappa shape index (κ1) is 13.6. The zero-order valence-electron chi connectivity index (χ0n) is 8.89. The Balaban J connectivity index is 4.69. The highest BCUT2D eigenvalue weighted by molar-refractivity contribution is 14.1. The molecular formula is C10H15IO3.